The molecule has 0 saturated carbocycles. The molecule has 0 fully saturated rings. The van der Waals surface area contributed by atoms with E-state index in [4.69, 9.17) is 25.8 Å². The van der Waals surface area contributed by atoms with Gasteiger partial charge < -0.3 is 19.5 Å². The maximum atomic E-state index is 6.12. The summed E-state index contributed by atoms with van der Waals surface area (Å²) < 4.78 is 16.9. The van der Waals surface area contributed by atoms with E-state index in [0.717, 1.165) is 35.7 Å². The molecule has 2 aliphatic rings. The zero-order valence-corrected chi connectivity index (χ0v) is 14.4. The van der Waals surface area contributed by atoms with E-state index in [0.29, 0.717) is 10.8 Å². The van der Waals surface area contributed by atoms with Crippen LogP contribution in [0.25, 0.3) is 0 Å². The molecule has 0 bridgehead atoms. The maximum absolute atomic E-state index is 6.12. The Balaban J connectivity index is 1.79. The number of likely N-dealkylation sites (N-methyl/N-ethyl adjacent to an activating group) is 1. The van der Waals surface area contributed by atoms with Gasteiger partial charge in [-0.15, -0.1) is 0 Å². The SMILES string of the molecule is COc1c2c(cc3c1[C@@H](Nc1cccc(Cl)c1)N(C)CC3)OCO2. The van der Waals surface area contributed by atoms with E-state index in [1.165, 1.54) is 5.56 Å². The zero-order valence-electron chi connectivity index (χ0n) is 13.6. The third-order valence-corrected chi connectivity index (χ3v) is 4.76. The van der Waals surface area contributed by atoms with Crippen molar-refractivity contribution in [3.8, 4) is 17.2 Å². The molecule has 126 valence electrons. The first-order valence-electron chi connectivity index (χ1n) is 7.89. The zero-order chi connectivity index (χ0) is 16.7. The summed E-state index contributed by atoms with van der Waals surface area (Å²) in [6, 6.07) is 9.80. The van der Waals surface area contributed by atoms with Crippen LogP contribution in [0, 0.1) is 0 Å². The Morgan fingerprint density at radius 3 is 2.96 bits per heavy atom. The lowest BCUT2D eigenvalue weighted by molar-refractivity contribution is 0.170. The van der Waals surface area contributed by atoms with Crippen LogP contribution in [-0.2, 0) is 6.42 Å². The predicted octanol–water partition coefficient (Wildman–Crippen LogP) is 3.68. The molecule has 24 heavy (non-hydrogen) atoms. The predicted molar refractivity (Wildman–Crippen MR) is 93.3 cm³/mol. The van der Waals surface area contributed by atoms with Gasteiger partial charge in [-0.1, -0.05) is 17.7 Å². The molecule has 2 aromatic rings. The van der Waals surface area contributed by atoms with Gasteiger partial charge >= 0.3 is 0 Å². The van der Waals surface area contributed by atoms with Crippen molar-refractivity contribution in [1.29, 1.82) is 0 Å². The lowest BCUT2D eigenvalue weighted by atomic mass is 9.94. The molecule has 0 radical (unpaired) electrons. The average Bonchev–Trinajstić information content (AvgIpc) is 3.04. The molecule has 6 heteroatoms. The van der Waals surface area contributed by atoms with E-state index in [2.05, 4.69) is 23.3 Å². The number of anilines is 1. The minimum Gasteiger partial charge on any atom is -0.492 e. The Morgan fingerprint density at radius 1 is 1.29 bits per heavy atom. The van der Waals surface area contributed by atoms with E-state index < -0.39 is 0 Å². The van der Waals surface area contributed by atoms with Crippen molar-refractivity contribution in [1.82, 2.24) is 4.90 Å². The summed E-state index contributed by atoms with van der Waals surface area (Å²) >= 11 is 6.12. The average molecular weight is 347 g/mol. The van der Waals surface area contributed by atoms with E-state index in [9.17, 15) is 0 Å². The number of rotatable bonds is 3. The third-order valence-electron chi connectivity index (χ3n) is 4.52. The summed E-state index contributed by atoms with van der Waals surface area (Å²) in [5.74, 6) is 2.19. The van der Waals surface area contributed by atoms with Crippen molar-refractivity contribution in [2.75, 3.05) is 32.8 Å². The molecule has 4 rings (SSSR count). The Bertz CT molecular complexity index is 781. The molecular formula is C18H19ClN2O3. The lowest BCUT2D eigenvalue weighted by Crippen LogP contribution is -2.37. The Labute approximate surface area is 146 Å². The number of nitrogens with one attached hydrogen (secondary N) is 1. The van der Waals surface area contributed by atoms with Gasteiger partial charge in [0.1, 0.15) is 6.17 Å². The molecule has 0 saturated heterocycles. The molecule has 2 aromatic carbocycles. The highest BCUT2D eigenvalue weighted by Crippen LogP contribution is 2.49. The van der Waals surface area contributed by atoms with Gasteiger partial charge in [-0.2, -0.15) is 0 Å². The van der Waals surface area contributed by atoms with Crippen LogP contribution in [-0.4, -0.2) is 32.4 Å². The van der Waals surface area contributed by atoms with Crippen LogP contribution < -0.4 is 19.5 Å². The number of fused-ring (bicyclic) bond motifs is 2. The number of hydrogen-bond acceptors (Lipinski definition) is 5. The number of methoxy groups -OCH3 is 1. The normalized spacial score (nSPS) is 19.0. The topological polar surface area (TPSA) is 43.0 Å². The molecule has 0 amide bonds. The van der Waals surface area contributed by atoms with Crippen molar-refractivity contribution >= 4 is 17.3 Å². The van der Waals surface area contributed by atoms with Crippen LogP contribution in [0.4, 0.5) is 5.69 Å². The molecule has 0 aromatic heterocycles. The third kappa shape index (κ3) is 2.54. The largest absolute Gasteiger partial charge is 0.492 e. The van der Waals surface area contributed by atoms with E-state index >= 15 is 0 Å². The smallest absolute Gasteiger partial charge is 0.231 e. The molecule has 0 spiro atoms. The van der Waals surface area contributed by atoms with E-state index in [-0.39, 0.29) is 13.0 Å². The summed E-state index contributed by atoms with van der Waals surface area (Å²) in [6.07, 6.45) is 0.906. The van der Waals surface area contributed by atoms with Gasteiger partial charge in [0.2, 0.25) is 12.5 Å². The summed E-state index contributed by atoms with van der Waals surface area (Å²) in [4.78, 5) is 2.26. The number of ether oxygens (including phenoxy) is 3. The summed E-state index contributed by atoms with van der Waals surface area (Å²) in [5, 5.41) is 4.26. The summed E-state index contributed by atoms with van der Waals surface area (Å²) in [5.41, 5.74) is 3.27. The molecule has 1 atom stereocenters. The molecule has 0 unspecified atom stereocenters. The fourth-order valence-corrected chi connectivity index (χ4v) is 3.54. The van der Waals surface area contributed by atoms with Crippen LogP contribution in [0.5, 0.6) is 17.2 Å². The van der Waals surface area contributed by atoms with Crippen LogP contribution in [0.15, 0.2) is 30.3 Å². The van der Waals surface area contributed by atoms with Crippen LogP contribution in [0.1, 0.15) is 17.3 Å². The number of hydrogen-bond donors (Lipinski definition) is 1. The molecular weight excluding hydrogens is 328 g/mol. The Morgan fingerprint density at radius 2 is 2.17 bits per heavy atom. The number of nitrogens with zero attached hydrogens (tertiary/aromatic N) is 1. The van der Waals surface area contributed by atoms with E-state index in [1.54, 1.807) is 7.11 Å². The second-order valence-corrected chi connectivity index (χ2v) is 6.44. The van der Waals surface area contributed by atoms with Crippen molar-refractivity contribution < 1.29 is 14.2 Å². The highest BCUT2D eigenvalue weighted by atomic mass is 35.5. The standard InChI is InChI=1S/C18H19ClN2O3/c1-21-7-6-11-8-14-16(24-10-23-14)17(22-2)15(11)18(21)20-13-5-3-4-12(19)9-13/h3-5,8-9,18,20H,6-7,10H2,1-2H3/t18-/m0/s1. The van der Waals surface area contributed by atoms with Gasteiger partial charge in [-0.3, -0.25) is 4.90 Å². The second kappa shape index (κ2) is 6.07. The number of benzene rings is 2. The summed E-state index contributed by atoms with van der Waals surface area (Å²) in [6.45, 7) is 1.17. The highest BCUT2D eigenvalue weighted by molar-refractivity contribution is 6.30. The van der Waals surface area contributed by atoms with Crippen LogP contribution in [0.3, 0.4) is 0 Å². The summed E-state index contributed by atoms with van der Waals surface area (Å²) in [7, 11) is 3.76. The van der Waals surface area contributed by atoms with Gasteiger partial charge in [0.25, 0.3) is 0 Å². The van der Waals surface area contributed by atoms with Crippen LogP contribution in [0.2, 0.25) is 5.02 Å². The lowest BCUT2D eigenvalue weighted by Gasteiger charge is -2.36. The van der Waals surface area contributed by atoms with Gasteiger partial charge in [-0.25, -0.2) is 0 Å². The van der Waals surface area contributed by atoms with Gasteiger partial charge in [0.15, 0.2) is 11.5 Å². The molecule has 0 aliphatic carbocycles. The monoisotopic (exact) mass is 346 g/mol. The van der Waals surface area contributed by atoms with Crippen molar-refractivity contribution in [2.45, 2.75) is 12.6 Å². The minimum absolute atomic E-state index is 0.0309. The van der Waals surface area contributed by atoms with Gasteiger partial charge in [-0.05, 0) is 43.3 Å². The van der Waals surface area contributed by atoms with Gasteiger partial charge in [0.05, 0.1) is 7.11 Å². The molecule has 2 aliphatic heterocycles. The fourth-order valence-electron chi connectivity index (χ4n) is 3.35. The van der Waals surface area contributed by atoms with E-state index in [1.807, 2.05) is 24.3 Å². The highest BCUT2D eigenvalue weighted by Gasteiger charge is 2.33. The molecule has 5 nitrogen and oxygen atoms in total. The first kappa shape index (κ1) is 15.4. The molecule has 1 N–H and O–H groups in total. The fraction of sp³-hybridized carbons (Fsp3) is 0.333. The van der Waals surface area contributed by atoms with Gasteiger partial charge in [0, 0.05) is 22.8 Å². The van der Waals surface area contributed by atoms with Crippen LogP contribution >= 0.6 is 11.6 Å². The first-order valence-corrected chi connectivity index (χ1v) is 8.27. The Hall–Kier alpha value is -2.11. The molecule has 2 heterocycles. The number of halogens is 1. The Kier molecular flexibility index (Phi) is 3.90. The van der Waals surface area contributed by atoms with Crippen molar-refractivity contribution in [2.24, 2.45) is 0 Å². The minimum atomic E-state index is -0.0309. The van der Waals surface area contributed by atoms with Crippen molar-refractivity contribution in [3.63, 3.8) is 0 Å². The maximum Gasteiger partial charge on any atom is 0.231 e. The quantitative estimate of drug-likeness (QED) is 0.918. The first-order chi connectivity index (χ1) is 11.7. The second-order valence-electron chi connectivity index (χ2n) is 6.00. The van der Waals surface area contributed by atoms with Crippen molar-refractivity contribution in [3.05, 3.63) is 46.5 Å².